The maximum Gasteiger partial charge on any atom is 0.337 e. The molecule has 0 radical (unpaired) electrons. The van der Waals surface area contributed by atoms with Crippen LogP contribution >= 0.6 is 34.8 Å². The Kier molecular flexibility index (Phi) is 10.2. The molecule has 202 valence electrons. The molecule has 0 saturated heterocycles. The molecule has 10 nitrogen and oxygen atoms in total. The lowest BCUT2D eigenvalue weighted by Crippen LogP contribution is -2.16. The van der Waals surface area contributed by atoms with Gasteiger partial charge in [-0.2, -0.15) is 0 Å². The summed E-state index contributed by atoms with van der Waals surface area (Å²) in [6.45, 7) is 3.86. The lowest BCUT2D eigenvalue weighted by Gasteiger charge is -2.19. The van der Waals surface area contributed by atoms with E-state index in [1.54, 1.807) is 48.5 Å². The van der Waals surface area contributed by atoms with E-state index < -0.39 is 22.0 Å². The van der Waals surface area contributed by atoms with Gasteiger partial charge in [-0.15, -0.1) is 20.4 Å². The zero-order valence-electron chi connectivity index (χ0n) is 20.6. The van der Waals surface area contributed by atoms with Gasteiger partial charge < -0.3 is 23.8 Å². The standard InChI is InChI=1S/C13H14N2O4.C12H11Cl3N2O2/c1-3-10-14-15-12(19-10)9-6-4-8(5-7-9)11(18-2)13(16)17;1-2-9-16-17-11(19-9)8-5-3-7(4-6-8)10(18)12(13,14)15/h4-7,11H,3H2,1-2H3,(H,16,17);3-6,10,18H,2H2,1H3. The van der Waals surface area contributed by atoms with Crippen LogP contribution in [0.15, 0.2) is 57.4 Å². The van der Waals surface area contributed by atoms with E-state index in [0.29, 0.717) is 47.5 Å². The van der Waals surface area contributed by atoms with Gasteiger partial charge in [-0.1, -0.05) is 72.9 Å². The quantitative estimate of drug-likeness (QED) is 0.245. The predicted octanol–water partition coefficient (Wildman–Crippen LogP) is 5.77. The number of ether oxygens (including phenoxy) is 1. The zero-order valence-corrected chi connectivity index (χ0v) is 22.9. The van der Waals surface area contributed by atoms with Crippen molar-refractivity contribution < 1.29 is 28.6 Å². The second-order valence-electron chi connectivity index (χ2n) is 7.85. The van der Waals surface area contributed by atoms with E-state index in [0.717, 1.165) is 11.1 Å². The molecule has 2 N–H and O–H groups in total. The van der Waals surface area contributed by atoms with E-state index >= 15 is 0 Å². The third kappa shape index (κ3) is 7.52. The second-order valence-corrected chi connectivity index (χ2v) is 10.2. The van der Waals surface area contributed by atoms with Crippen LogP contribution in [-0.2, 0) is 22.4 Å². The lowest BCUT2D eigenvalue weighted by molar-refractivity contribution is -0.148. The topological polar surface area (TPSA) is 145 Å². The van der Waals surface area contributed by atoms with Crippen LogP contribution in [0.5, 0.6) is 0 Å². The average Bonchev–Trinajstić information content (AvgIpc) is 3.59. The Bertz CT molecular complexity index is 1320. The number of hydrogen-bond donors (Lipinski definition) is 2. The first-order valence-electron chi connectivity index (χ1n) is 11.4. The number of carboxylic acid groups (broad SMARTS) is 1. The number of aliphatic carboxylic acids is 1. The van der Waals surface area contributed by atoms with Gasteiger partial charge in [0.1, 0.15) is 6.10 Å². The first kappa shape index (κ1) is 29.5. The Balaban J connectivity index is 0.000000211. The minimum absolute atomic E-state index is 0.423. The number of aliphatic hydroxyl groups excluding tert-OH is 1. The van der Waals surface area contributed by atoms with E-state index in [2.05, 4.69) is 20.4 Å². The van der Waals surface area contributed by atoms with Gasteiger partial charge in [0.15, 0.2) is 6.10 Å². The summed E-state index contributed by atoms with van der Waals surface area (Å²) in [6.07, 6.45) is -0.809. The molecule has 0 bridgehead atoms. The summed E-state index contributed by atoms with van der Waals surface area (Å²) in [5.41, 5.74) is 2.55. The minimum Gasteiger partial charge on any atom is -0.479 e. The number of aromatic nitrogens is 4. The van der Waals surface area contributed by atoms with Gasteiger partial charge in [0.2, 0.25) is 27.4 Å². The van der Waals surface area contributed by atoms with Gasteiger partial charge in [0.25, 0.3) is 0 Å². The fourth-order valence-corrected chi connectivity index (χ4v) is 3.58. The van der Waals surface area contributed by atoms with E-state index in [4.69, 9.17) is 53.5 Å². The molecule has 0 aliphatic rings. The van der Waals surface area contributed by atoms with E-state index in [1.807, 2.05) is 13.8 Å². The van der Waals surface area contributed by atoms with Crippen molar-refractivity contribution in [2.24, 2.45) is 0 Å². The van der Waals surface area contributed by atoms with Crippen molar-refractivity contribution in [2.45, 2.75) is 42.7 Å². The molecule has 2 atom stereocenters. The van der Waals surface area contributed by atoms with Gasteiger partial charge in [-0.25, -0.2) is 4.79 Å². The predicted molar refractivity (Wildman–Crippen MR) is 141 cm³/mol. The van der Waals surface area contributed by atoms with Crippen LogP contribution in [0, 0.1) is 0 Å². The Labute approximate surface area is 233 Å². The monoisotopic (exact) mass is 582 g/mol. The summed E-state index contributed by atoms with van der Waals surface area (Å²) >= 11 is 16.9. The Hall–Kier alpha value is -3.02. The van der Waals surface area contributed by atoms with Crippen LogP contribution in [-0.4, -0.2) is 47.5 Å². The molecule has 2 aromatic heterocycles. The summed E-state index contributed by atoms with van der Waals surface area (Å²) in [6, 6.07) is 13.6. The molecule has 38 heavy (non-hydrogen) atoms. The van der Waals surface area contributed by atoms with E-state index in [-0.39, 0.29) is 0 Å². The van der Waals surface area contributed by atoms with Gasteiger partial charge in [0, 0.05) is 31.1 Å². The number of benzene rings is 2. The van der Waals surface area contributed by atoms with Crippen molar-refractivity contribution in [3.8, 4) is 22.9 Å². The Morgan fingerprint density at radius 1 is 0.842 bits per heavy atom. The fraction of sp³-hybridized carbons (Fsp3) is 0.320. The molecule has 13 heteroatoms. The molecule has 2 aromatic carbocycles. The third-order valence-corrected chi connectivity index (χ3v) is 5.86. The molecule has 4 aromatic rings. The molecule has 0 spiro atoms. The number of methoxy groups -OCH3 is 1. The number of nitrogens with zero attached hydrogens (tertiary/aromatic N) is 4. The van der Waals surface area contributed by atoms with Crippen molar-refractivity contribution >= 4 is 40.8 Å². The average molecular weight is 584 g/mol. The molecular weight excluding hydrogens is 559 g/mol. The number of aryl methyl sites for hydroxylation is 2. The molecule has 4 rings (SSSR count). The van der Waals surface area contributed by atoms with Crippen LogP contribution in [0.3, 0.4) is 0 Å². The van der Waals surface area contributed by atoms with Crippen molar-refractivity contribution in [3.63, 3.8) is 0 Å². The molecule has 0 amide bonds. The Morgan fingerprint density at radius 3 is 1.58 bits per heavy atom. The van der Waals surface area contributed by atoms with Crippen LogP contribution in [0.2, 0.25) is 0 Å². The number of carbonyl (C=O) groups is 1. The highest BCUT2D eigenvalue weighted by molar-refractivity contribution is 6.68. The van der Waals surface area contributed by atoms with Gasteiger partial charge in [-0.05, 0) is 35.4 Å². The molecule has 0 saturated carbocycles. The summed E-state index contributed by atoms with van der Waals surface area (Å²) in [5, 5.41) is 34.4. The van der Waals surface area contributed by atoms with Crippen molar-refractivity contribution in [1.29, 1.82) is 0 Å². The number of alkyl halides is 3. The summed E-state index contributed by atoms with van der Waals surface area (Å²) in [5.74, 6) is 0.959. The molecule has 2 unspecified atom stereocenters. The minimum atomic E-state index is -1.76. The summed E-state index contributed by atoms with van der Waals surface area (Å²) in [7, 11) is 1.36. The van der Waals surface area contributed by atoms with Gasteiger partial charge in [-0.3, -0.25) is 0 Å². The lowest BCUT2D eigenvalue weighted by atomic mass is 10.1. The van der Waals surface area contributed by atoms with Gasteiger partial charge >= 0.3 is 5.97 Å². The number of hydrogen-bond acceptors (Lipinski definition) is 9. The largest absolute Gasteiger partial charge is 0.479 e. The number of aliphatic hydroxyl groups is 1. The molecule has 0 aliphatic heterocycles. The SMILES string of the molecule is CCc1nnc(-c2ccc(C(O)C(Cl)(Cl)Cl)cc2)o1.CCc1nnc(-c2ccc(C(OC)C(=O)O)cc2)o1. The third-order valence-electron chi connectivity index (χ3n) is 5.24. The number of halogens is 3. The Morgan fingerprint density at radius 2 is 1.26 bits per heavy atom. The van der Waals surface area contributed by atoms with Crippen molar-refractivity contribution in [2.75, 3.05) is 7.11 Å². The smallest absolute Gasteiger partial charge is 0.337 e. The maximum atomic E-state index is 11.0. The van der Waals surface area contributed by atoms with Crippen molar-refractivity contribution in [3.05, 3.63) is 71.4 Å². The highest BCUT2D eigenvalue weighted by Gasteiger charge is 2.32. The highest BCUT2D eigenvalue weighted by Crippen LogP contribution is 2.39. The van der Waals surface area contributed by atoms with E-state index in [1.165, 1.54) is 7.11 Å². The van der Waals surface area contributed by atoms with Crippen molar-refractivity contribution in [1.82, 2.24) is 20.4 Å². The first-order valence-corrected chi connectivity index (χ1v) is 12.6. The highest BCUT2D eigenvalue weighted by atomic mass is 35.6. The first-order chi connectivity index (χ1) is 18.1. The van der Waals surface area contributed by atoms with Gasteiger partial charge in [0.05, 0.1) is 0 Å². The molecule has 0 aliphatic carbocycles. The van der Waals surface area contributed by atoms with Crippen LogP contribution in [0.4, 0.5) is 0 Å². The fourth-order valence-electron chi connectivity index (χ4n) is 3.20. The zero-order chi connectivity index (χ0) is 27.9. The molecule has 2 heterocycles. The van der Waals surface area contributed by atoms with Crippen LogP contribution < -0.4 is 0 Å². The number of rotatable bonds is 8. The maximum absolute atomic E-state index is 11.0. The summed E-state index contributed by atoms with van der Waals surface area (Å²) < 4.78 is 14.0. The molecule has 0 fully saturated rings. The van der Waals surface area contributed by atoms with E-state index in [9.17, 15) is 9.90 Å². The second kappa shape index (κ2) is 13.2. The number of carboxylic acids is 1. The van der Waals surface area contributed by atoms with Crippen LogP contribution in [0.1, 0.15) is 49.0 Å². The normalized spacial score (nSPS) is 12.9. The summed E-state index contributed by atoms with van der Waals surface area (Å²) in [4.78, 5) is 11.0. The molecular formula is C25H25Cl3N4O6. The van der Waals surface area contributed by atoms with Crippen LogP contribution in [0.25, 0.3) is 22.9 Å².